The summed E-state index contributed by atoms with van der Waals surface area (Å²) in [5.74, 6) is 0.853. The Morgan fingerprint density at radius 3 is 2.69 bits per heavy atom. The van der Waals surface area contributed by atoms with E-state index in [0.717, 1.165) is 49.1 Å². The summed E-state index contributed by atoms with van der Waals surface area (Å²) >= 11 is 8.28. The smallest absolute Gasteiger partial charge is 0.303 e. The number of fused-ring (bicyclic) bond motifs is 1. The highest BCUT2D eigenvalue weighted by Crippen LogP contribution is 2.43. The topological polar surface area (TPSA) is 95.8 Å². The van der Waals surface area contributed by atoms with Crippen LogP contribution in [0.15, 0.2) is 53.8 Å². The lowest BCUT2D eigenvalue weighted by molar-refractivity contribution is -0.141. The quantitative estimate of drug-likeness (QED) is 0.316. The molecule has 3 aromatic rings. The van der Waals surface area contributed by atoms with Crippen molar-refractivity contribution >= 4 is 40.2 Å². The Morgan fingerprint density at radius 2 is 2.00 bits per heavy atom. The summed E-state index contributed by atoms with van der Waals surface area (Å²) in [6.45, 7) is 2.67. The summed E-state index contributed by atoms with van der Waals surface area (Å²) in [5.41, 5.74) is 1.01. The molecule has 0 spiro atoms. The van der Waals surface area contributed by atoms with Crippen LogP contribution in [0.2, 0.25) is 5.02 Å². The molecular formula is C27H32ClN3O4S. The summed E-state index contributed by atoms with van der Waals surface area (Å²) in [6.07, 6.45) is 7.09. The number of hydrogen-bond acceptors (Lipinski definition) is 7. The van der Waals surface area contributed by atoms with Crippen LogP contribution in [0.25, 0.3) is 10.9 Å². The van der Waals surface area contributed by atoms with Crippen LogP contribution in [0.1, 0.15) is 43.8 Å². The first-order valence-corrected chi connectivity index (χ1v) is 13.5. The Morgan fingerprint density at radius 1 is 1.25 bits per heavy atom. The minimum absolute atomic E-state index is 0.109. The van der Waals surface area contributed by atoms with Gasteiger partial charge in [0.1, 0.15) is 5.75 Å². The van der Waals surface area contributed by atoms with Gasteiger partial charge >= 0.3 is 5.97 Å². The van der Waals surface area contributed by atoms with Crippen LogP contribution in [0.5, 0.6) is 5.75 Å². The van der Waals surface area contributed by atoms with Gasteiger partial charge in [-0.2, -0.15) is 0 Å². The number of pyridine rings is 2. The first-order chi connectivity index (χ1) is 17.4. The van der Waals surface area contributed by atoms with Crippen LogP contribution >= 0.6 is 23.4 Å². The number of aliphatic hydroxyl groups excluding tert-OH is 1. The number of ether oxygens (including phenoxy) is 1. The highest BCUT2D eigenvalue weighted by Gasteiger charge is 2.37. The van der Waals surface area contributed by atoms with Crippen LogP contribution in [-0.4, -0.2) is 63.5 Å². The average Bonchev–Trinajstić information content (AvgIpc) is 2.88. The van der Waals surface area contributed by atoms with Gasteiger partial charge in [0, 0.05) is 46.7 Å². The van der Waals surface area contributed by atoms with Crippen molar-refractivity contribution in [1.82, 2.24) is 14.9 Å². The lowest BCUT2D eigenvalue weighted by Crippen LogP contribution is -2.42. The van der Waals surface area contributed by atoms with Gasteiger partial charge in [-0.1, -0.05) is 11.6 Å². The predicted octanol–water partition coefficient (Wildman–Crippen LogP) is 5.45. The number of methoxy groups -OCH3 is 1. The van der Waals surface area contributed by atoms with Crippen molar-refractivity contribution < 1.29 is 19.7 Å². The maximum absolute atomic E-state index is 11.8. The summed E-state index contributed by atoms with van der Waals surface area (Å²) in [5, 5.41) is 22.0. The zero-order valence-corrected chi connectivity index (χ0v) is 22.0. The molecule has 36 heavy (non-hydrogen) atoms. The first kappa shape index (κ1) is 26.7. The van der Waals surface area contributed by atoms with E-state index in [1.165, 1.54) is 4.90 Å². The highest BCUT2D eigenvalue weighted by molar-refractivity contribution is 7.99. The molecule has 1 aromatic carbocycles. The number of benzene rings is 1. The Bertz CT molecular complexity index is 1170. The summed E-state index contributed by atoms with van der Waals surface area (Å²) in [6, 6.07) is 9.53. The van der Waals surface area contributed by atoms with E-state index in [9.17, 15) is 15.0 Å². The van der Waals surface area contributed by atoms with Crippen LogP contribution in [0.4, 0.5) is 0 Å². The molecule has 2 N–H and O–H groups in total. The molecule has 3 heterocycles. The van der Waals surface area contributed by atoms with Gasteiger partial charge in [-0.05, 0) is 74.5 Å². The number of likely N-dealkylation sites (tertiary alicyclic amines) is 1. The van der Waals surface area contributed by atoms with Gasteiger partial charge < -0.3 is 19.8 Å². The van der Waals surface area contributed by atoms with Crippen LogP contribution in [0, 0.1) is 5.41 Å². The molecule has 1 aliphatic rings. The highest BCUT2D eigenvalue weighted by atomic mass is 35.5. The second-order valence-corrected chi connectivity index (χ2v) is 11.0. The minimum Gasteiger partial charge on any atom is -0.497 e. The zero-order chi connectivity index (χ0) is 25.5. The first-order valence-electron chi connectivity index (χ1n) is 12.2. The maximum atomic E-state index is 11.8. The molecule has 7 nitrogen and oxygen atoms in total. The molecular weight excluding hydrogens is 498 g/mol. The Hall–Kier alpha value is -2.39. The van der Waals surface area contributed by atoms with Gasteiger partial charge in [0.2, 0.25) is 0 Å². The van der Waals surface area contributed by atoms with E-state index >= 15 is 0 Å². The van der Waals surface area contributed by atoms with Crippen molar-refractivity contribution in [3.05, 3.63) is 59.5 Å². The lowest BCUT2D eigenvalue weighted by atomic mass is 9.71. The molecule has 1 unspecified atom stereocenters. The molecule has 1 atom stereocenters. The molecule has 192 valence electrons. The number of thioether (sulfide) groups is 1. The number of carboxylic acids is 1. The van der Waals surface area contributed by atoms with Crippen molar-refractivity contribution in [2.45, 2.75) is 43.1 Å². The van der Waals surface area contributed by atoms with Crippen molar-refractivity contribution in [1.29, 1.82) is 0 Å². The maximum Gasteiger partial charge on any atom is 0.303 e. The monoisotopic (exact) mass is 529 g/mol. The Labute approximate surface area is 220 Å². The number of carboxylic acid groups (broad SMARTS) is 1. The third kappa shape index (κ3) is 6.68. The van der Waals surface area contributed by atoms with Gasteiger partial charge in [-0.25, -0.2) is 0 Å². The zero-order valence-electron chi connectivity index (χ0n) is 20.4. The van der Waals surface area contributed by atoms with Gasteiger partial charge in [0.15, 0.2) is 0 Å². The second kappa shape index (κ2) is 12.2. The van der Waals surface area contributed by atoms with E-state index < -0.39 is 12.1 Å². The Balaban J connectivity index is 1.39. The van der Waals surface area contributed by atoms with E-state index in [2.05, 4.69) is 14.9 Å². The van der Waals surface area contributed by atoms with Crippen molar-refractivity contribution in [2.75, 3.05) is 32.5 Å². The number of carbonyl (C=O) groups is 1. The van der Waals surface area contributed by atoms with Crippen molar-refractivity contribution in [3.63, 3.8) is 0 Å². The molecule has 0 bridgehead atoms. The summed E-state index contributed by atoms with van der Waals surface area (Å²) in [7, 11) is 1.59. The Kier molecular flexibility index (Phi) is 9.06. The van der Waals surface area contributed by atoms with E-state index in [1.54, 1.807) is 37.5 Å². The largest absolute Gasteiger partial charge is 0.497 e. The van der Waals surface area contributed by atoms with Crippen molar-refractivity contribution in [2.24, 2.45) is 5.41 Å². The van der Waals surface area contributed by atoms with Gasteiger partial charge in [0.05, 0.1) is 30.2 Å². The molecule has 1 fully saturated rings. The number of aromatic nitrogens is 2. The summed E-state index contributed by atoms with van der Waals surface area (Å²) in [4.78, 5) is 23.8. The number of hydrogen-bond donors (Lipinski definition) is 2. The fraction of sp³-hybridized carbons (Fsp3) is 0.444. The third-order valence-corrected chi connectivity index (χ3v) is 8.41. The van der Waals surface area contributed by atoms with Crippen LogP contribution in [0.3, 0.4) is 0 Å². The fourth-order valence-corrected chi connectivity index (χ4v) is 6.21. The SMILES string of the molecule is COc1ccc2ncc(Cl)c(C(O)CCC3(CC(=O)O)CCN(CCSc4ccncc4)CC3)c2c1. The molecule has 9 heteroatoms. The fourth-order valence-electron chi connectivity index (χ4n) is 5.03. The normalized spacial score (nSPS) is 16.6. The lowest BCUT2D eigenvalue weighted by Gasteiger charge is -2.41. The van der Waals surface area contributed by atoms with Crippen LogP contribution < -0.4 is 4.74 Å². The van der Waals surface area contributed by atoms with Gasteiger partial charge in [-0.3, -0.25) is 14.8 Å². The second-order valence-electron chi connectivity index (χ2n) is 9.40. The van der Waals surface area contributed by atoms with E-state index in [4.69, 9.17) is 16.3 Å². The third-order valence-electron chi connectivity index (χ3n) is 7.12. The molecule has 0 saturated carbocycles. The summed E-state index contributed by atoms with van der Waals surface area (Å²) < 4.78 is 5.35. The molecule has 2 aromatic heterocycles. The van der Waals surface area contributed by atoms with Crippen LogP contribution in [-0.2, 0) is 4.79 Å². The van der Waals surface area contributed by atoms with Crippen molar-refractivity contribution in [3.8, 4) is 5.75 Å². The van der Waals surface area contributed by atoms with E-state index in [-0.39, 0.29) is 11.8 Å². The number of nitrogens with zero attached hydrogens (tertiary/aromatic N) is 3. The number of halogens is 1. The number of aliphatic hydroxyl groups is 1. The van der Waals surface area contributed by atoms with E-state index in [1.807, 2.05) is 30.3 Å². The molecule has 0 aliphatic carbocycles. The standard InChI is InChI=1S/C27H32ClN3O4S/c1-35-19-2-3-23-21(16-19)26(22(28)18-30-23)24(32)4-7-27(17-25(33)34)8-12-31(13-9-27)14-15-36-20-5-10-29-11-6-20/h2-3,5-6,10-11,16,18,24,32H,4,7-9,12-15,17H2,1H3,(H,33,34). The van der Waals surface area contributed by atoms with Gasteiger partial charge in [-0.15, -0.1) is 11.8 Å². The molecule has 0 radical (unpaired) electrons. The average molecular weight is 530 g/mol. The number of piperidine rings is 1. The van der Waals surface area contributed by atoms with Gasteiger partial charge in [0.25, 0.3) is 0 Å². The minimum atomic E-state index is -0.824. The number of aliphatic carboxylic acids is 1. The van der Waals surface area contributed by atoms with E-state index in [0.29, 0.717) is 29.2 Å². The number of rotatable bonds is 11. The molecule has 0 amide bonds. The molecule has 4 rings (SSSR count). The predicted molar refractivity (Wildman–Crippen MR) is 143 cm³/mol. The molecule has 1 aliphatic heterocycles. The molecule has 1 saturated heterocycles.